The second-order valence-electron chi connectivity index (χ2n) is 4.66. The monoisotopic (exact) mass is 239 g/mol. The lowest BCUT2D eigenvalue weighted by molar-refractivity contribution is 0.270. The molecule has 0 radical (unpaired) electrons. The van der Waals surface area contributed by atoms with Crippen molar-refractivity contribution in [1.82, 2.24) is 0 Å². The Kier molecular flexibility index (Phi) is 3.03. The van der Waals surface area contributed by atoms with E-state index >= 15 is 0 Å². The molecule has 0 saturated heterocycles. The van der Waals surface area contributed by atoms with Crippen LogP contribution in [0.1, 0.15) is 17.9 Å². The summed E-state index contributed by atoms with van der Waals surface area (Å²) in [5.74, 6) is 1.45. The largest absolute Gasteiger partial charge is 0.493 e. The first-order valence-corrected chi connectivity index (χ1v) is 6.41. The van der Waals surface area contributed by atoms with Gasteiger partial charge in [-0.3, -0.25) is 0 Å². The van der Waals surface area contributed by atoms with Gasteiger partial charge >= 0.3 is 0 Å². The molecule has 2 aromatic rings. The minimum absolute atomic E-state index is 0.428. The van der Waals surface area contributed by atoms with Crippen LogP contribution in [-0.2, 0) is 0 Å². The minimum atomic E-state index is 0.428. The van der Waals surface area contributed by atoms with Gasteiger partial charge in [0.15, 0.2) is 0 Å². The van der Waals surface area contributed by atoms with E-state index in [9.17, 15) is 0 Å². The molecule has 0 saturated carbocycles. The highest BCUT2D eigenvalue weighted by Gasteiger charge is 2.22. The van der Waals surface area contributed by atoms with Gasteiger partial charge in [-0.2, -0.15) is 0 Å². The Morgan fingerprint density at radius 3 is 2.67 bits per heavy atom. The highest BCUT2D eigenvalue weighted by molar-refractivity contribution is 5.72. The molecule has 1 aliphatic heterocycles. The summed E-state index contributed by atoms with van der Waals surface area (Å²) in [5, 5.41) is 0. The van der Waals surface area contributed by atoms with Gasteiger partial charge in [0.2, 0.25) is 0 Å². The molecule has 2 N–H and O–H groups in total. The molecule has 1 heterocycles. The second-order valence-corrected chi connectivity index (χ2v) is 4.66. The standard InChI is InChI=1S/C16H17NO/c17-11-13-9-10-18-16-14(7-4-8-15(13)16)12-5-2-1-3-6-12/h1-8,13H,9-11,17H2/t13-/m0/s1. The van der Waals surface area contributed by atoms with E-state index in [4.69, 9.17) is 10.5 Å². The molecule has 0 amide bonds. The van der Waals surface area contributed by atoms with Crippen molar-refractivity contribution in [3.63, 3.8) is 0 Å². The van der Waals surface area contributed by atoms with Crippen molar-refractivity contribution in [3.8, 4) is 16.9 Å². The lowest BCUT2D eigenvalue weighted by Crippen LogP contribution is -2.21. The minimum Gasteiger partial charge on any atom is -0.493 e. The van der Waals surface area contributed by atoms with Crippen molar-refractivity contribution >= 4 is 0 Å². The van der Waals surface area contributed by atoms with Gasteiger partial charge in [0, 0.05) is 11.5 Å². The molecule has 2 aromatic carbocycles. The third-order valence-electron chi connectivity index (χ3n) is 3.57. The van der Waals surface area contributed by atoms with E-state index in [2.05, 4.69) is 42.5 Å². The molecule has 0 bridgehead atoms. The molecule has 1 atom stereocenters. The first kappa shape index (κ1) is 11.3. The Balaban J connectivity index is 2.12. The summed E-state index contributed by atoms with van der Waals surface area (Å²) in [6.45, 7) is 1.45. The summed E-state index contributed by atoms with van der Waals surface area (Å²) < 4.78 is 5.89. The number of hydrogen-bond donors (Lipinski definition) is 1. The molecule has 0 aromatic heterocycles. The van der Waals surface area contributed by atoms with E-state index in [1.165, 1.54) is 16.7 Å². The van der Waals surface area contributed by atoms with Crippen LogP contribution in [0.2, 0.25) is 0 Å². The van der Waals surface area contributed by atoms with Crippen LogP contribution in [-0.4, -0.2) is 13.2 Å². The highest BCUT2D eigenvalue weighted by Crippen LogP contribution is 2.40. The maximum Gasteiger partial charge on any atom is 0.130 e. The van der Waals surface area contributed by atoms with Crippen LogP contribution in [0, 0.1) is 0 Å². The third-order valence-corrected chi connectivity index (χ3v) is 3.57. The molecule has 92 valence electrons. The zero-order chi connectivity index (χ0) is 12.4. The van der Waals surface area contributed by atoms with E-state index in [0.717, 1.165) is 18.8 Å². The van der Waals surface area contributed by atoms with Crippen LogP contribution in [0.4, 0.5) is 0 Å². The van der Waals surface area contributed by atoms with Gasteiger partial charge in [0.1, 0.15) is 5.75 Å². The SMILES string of the molecule is NC[C@@H]1CCOc2c(-c3ccccc3)cccc21. The predicted molar refractivity (Wildman–Crippen MR) is 73.8 cm³/mol. The quantitative estimate of drug-likeness (QED) is 0.873. The molecule has 0 spiro atoms. The first-order valence-electron chi connectivity index (χ1n) is 6.41. The van der Waals surface area contributed by atoms with E-state index in [1.54, 1.807) is 0 Å². The summed E-state index contributed by atoms with van der Waals surface area (Å²) in [7, 11) is 0. The average Bonchev–Trinajstić information content (AvgIpc) is 2.47. The third kappa shape index (κ3) is 1.89. The van der Waals surface area contributed by atoms with Crippen LogP contribution in [0.25, 0.3) is 11.1 Å². The fourth-order valence-electron chi connectivity index (χ4n) is 2.59. The summed E-state index contributed by atoms with van der Waals surface area (Å²) >= 11 is 0. The van der Waals surface area contributed by atoms with Gasteiger partial charge < -0.3 is 10.5 Å². The summed E-state index contributed by atoms with van der Waals surface area (Å²) in [4.78, 5) is 0. The fraction of sp³-hybridized carbons (Fsp3) is 0.250. The normalized spacial score (nSPS) is 17.9. The number of hydrogen-bond acceptors (Lipinski definition) is 2. The van der Waals surface area contributed by atoms with Gasteiger partial charge in [-0.15, -0.1) is 0 Å². The molecule has 3 rings (SSSR count). The van der Waals surface area contributed by atoms with Gasteiger partial charge in [-0.05, 0) is 24.1 Å². The zero-order valence-corrected chi connectivity index (χ0v) is 10.3. The number of rotatable bonds is 2. The molecular formula is C16H17NO. The molecule has 0 fully saturated rings. The maximum atomic E-state index is 5.89. The van der Waals surface area contributed by atoms with Crippen molar-refractivity contribution in [1.29, 1.82) is 0 Å². The van der Waals surface area contributed by atoms with Crippen molar-refractivity contribution in [2.45, 2.75) is 12.3 Å². The van der Waals surface area contributed by atoms with Crippen LogP contribution >= 0.6 is 0 Å². The van der Waals surface area contributed by atoms with Crippen LogP contribution in [0.5, 0.6) is 5.75 Å². The highest BCUT2D eigenvalue weighted by atomic mass is 16.5. The van der Waals surface area contributed by atoms with E-state index < -0.39 is 0 Å². The fourth-order valence-corrected chi connectivity index (χ4v) is 2.59. The topological polar surface area (TPSA) is 35.2 Å². The Morgan fingerprint density at radius 1 is 1.06 bits per heavy atom. The number of ether oxygens (including phenoxy) is 1. The maximum absolute atomic E-state index is 5.89. The number of fused-ring (bicyclic) bond motifs is 1. The predicted octanol–water partition coefficient (Wildman–Crippen LogP) is 3.18. The van der Waals surface area contributed by atoms with Crippen molar-refractivity contribution in [2.75, 3.05) is 13.2 Å². The molecule has 2 heteroatoms. The molecule has 18 heavy (non-hydrogen) atoms. The van der Waals surface area contributed by atoms with Crippen molar-refractivity contribution < 1.29 is 4.74 Å². The Labute approximate surface area is 107 Å². The molecular weight excluding hydrogens is 222 g/mol. The van der Waals surface area contributed by atoms with Gasteiger partial charge in [-0.1, -0.05) is 48.5 Å². The molecule has 1 aliphatic rings. The van der Waals surface area contributed by atoms with E-state index in [-0.39, 0.29) is 0 Å². The Bertz CT molecular complexity index is 536. The van der Waals surface area contributed by atoms with E-state index in [1.807, 2.05) is 6.07 Å². The summed E-state index contributed by atoms with van der Waals surface area (Å²) in [6, 6.07) is 16.7. The van der Waals surface area contributed by atoms with Crippen LogP contribution in [0.15, 0.2) is 48.5 Å². The van der Waals surface area contributed by atoms with Crippen molar-refractivity contribution in [3.05, 3.63) is 54.1 Å². The van der Waals surface area contributed by atoms with Gasteiger partial charge in [0.05, 0.1) is 6.61 Å². The van der Waals surface area contributed by atoms with E-state index in [0.29, 0.717) is 12.5 Å². The summed E-state index contributed by atoms with van der Waals surface area (Å²) in [5.41, 5.74) is 9.48. The lowest BCUT2D eigenvalue weighted by atomic mass is 9.90. The lowest BCUT2D eigenvalue weighted by Gasteiger charge is -2.26. The first-order chi connectivity index (χ1) is 8.90. The van der Waals surface area contributed by atoms with Crippen LogP contribution in [0.3, 0.4) is 0 Å². The Hall–Kier alpha value is -1.80. The smallest absolute Gasteiger partial charge is 0.130 e. The zero-order valence-electron chi connectivity index (χ0n) is 10.3. The van der Waals surface area contributed by atoms with Gasteiger partial charge in [-0.25, -0.2) is 0 Å². The molecule has 0 unspecified atom stereocenters. The number of benzene rings is 2. The van der Waals surface area contributed by atoms with Gasteiger partial charge in [0.25, 0.3) is 0 Å². The molecule has 0 aliphatic carbocycles. The average molecular weight is 239 g/mol. The summed E-state index contributed by atoms with van der Waals surface area (Å²) in [6.07, 6.45) is 1.02. The second kappa shape index (κ2) is 4.83. The van der Waals surface area contributed by atoms with Crippen molar-refractivity contribution in [2.24, 2.45) is 5.73 Å². The number of nitrogens with two attached hydrogens (primary N) is 1. The molecule has 2 nitrogen and oxygen atoms in total. The Morgan fingerprint density at radius 2 is 1.89 bits per heavy atom. The van der Waals surface area contributed by atoms with Crippen LogP contribution < -0.4 is 10.5 Å². The number of para-hydroxylation sites is 1.